The summed E-state index contributed by atoms with van der Waals surface area (Å²) in [6, 6.07) is 43.8. The average molecular weight is 984 g/mol. The second-order valence-corrected chi connectivity index (χ2v) is 21.9. The largest absolute Gasteiger partial charge is 0.501 e. The van der Waals surface area contributed by atoms with Gasteiger partial charge in [0.1, 0.15) is 11.9 Å². The fourth-order valence-electron chi connectivity index (χ4n) is 7.76. The number of fused-ring (bicyclic) bond motifs is 4. The van der Waals surface area contributed by atoms with Crippen molar-refractivity contribution in [2.75, 3.05) is 0 Å². The molecule has 305 valence electrons. The number of hydrogen-bond acceptors (Lipinski definition) is 6. The van der Waals surface area contributed by atoms with Crippen LogP contribution < -0.4 is 5.19 Å². The van der Waals surface area contributed by atoms with Gasteiger partial charge in [0.15, 0.2) is 5.65 Å². The molecule has 5 aromatic carbocycles. The Hall–Kier alpha value is -5.60. The van der Waals surface area contributed by atoms with Gasteiger partial charge in [-0.1, -0.05) is 132 Å². The molecule has 9 aromatic rings. The SMILES string of the molecule is CC(C)c1cc(-c2ccccc2)cc(C(C)C)c1-n1c(-c2[c-]ccc3c2oc2ccccc23)nc2nncnc21.[2H]C(C)(C)c1cc(-c2[c-]cccc2)ncc1[Si](C)(C)C.[Ir]. The first-order valence-electron chi connectivity index (χ1n) is 20.8. The molecule has 0 N–H and O–H groups in total. The first kappa shape index (κ1) is 41.1. The zero-order chi connectivity index (χ0) is 42.3. The molecule has 0 saturated heterocycles. The van der Waals surface area contributed by atoms with Crippen LogP contribution >= 0.6 is 0 Å². The molecule has 0 atom stereocenters. The quantitative estimate of drug-likeness (QED) is 0.111. The van der Waals surface area contributed by atoms with Crippen LogP contribution in [0.3, 0.4) is 0 Å². The summed E-state index contributed by atoms with van der Waals surface area (Å²) in [6.07, 6.45) is 3.46. The summed E-state index contributed by atoms with van der Waals surface area (Å²) in [5.41, 5.74) is 12.3. The fourth-order valence-corrected chi connectivity index (χ4v) is 9.34. The molecule has 0 bridgehead atoms. The number of furan rings is 1. The third-order valence-electron chi connectivity index (χ3n) is 10.8. The van der Waals surface area contributed by atoms with Crippen LogP contribution in [-0.4, -0.2) is 37.8 Å². The summed E-state index contributed by atoms with van der Waals surface area (Å²) < 4.78 is 17.0. The minimum atomic E-state index is -1.50. The van der Waals surface area contributed by atoms with Gasteiger partial charge in [-0.15, -0.1) is 64.3 Å². The van der Waals surface area contributed by atoms with Crippen molar-refractivity contribution in [3.8, 4) is 39.5 Å². The summed E-state index contributed by atoms with van der Waals surface area (Å²) in [6.45, 7) is 19.7. The molecule has 4 aromatic heterocycles. The average Bonchev–Trinajstić information content (AvgIpc) is 3.82. The standard InChI is InChI=1S/C34H28N5O.C17H22NSi.Ir/c1-20(2)27-17-23(22-11-6-5-7-12-22)18-28(21(3)4)30(27)39-33(37-32-34(39)35-19-36-38-32)26-15-10-14-25-24-13-8-9-16-29(24)40-31(25)26;1-13(2)15-11-16(14-9-7-6-8-10-14)18-12-17(15)19(3,4)5;/h5-14,16-21H,1-4H3;6-9,11-13H,1-5H3;/q2*-1;/i;13D;. The zero-order valence-corrected chi connectivity index (χ0v) is 39.0. The van der Waals surface area contributed by atoms with E-state index in [2.05, 4.69) is 134 Å². The van der Waals surface area contributed by atoms with E-state index >= 15 is 0 Å². The molecule has 0 fully saturated rings. The maximum absolute atomic E-state index is 8.44. The fraction of sp³-hybridized carbons (Fsp3) is 0.235. The Labute approximate surface area is 369 Å². The third kappa shape index (κ3) is 8.27. The van der Waals surface area contributed by atoms with Gasteiger partial charge in [-0.05, 0) is 69.1 Å². The minimum Gasteiger partial charge on any atom is -0.501 e. The molecule has 60 heavy (non-hydrogen) atoms. The first-order valence-corrected chi connectivity index (χ1v) is 23.8. The van der Waals surface area contributed by atoms with Crippen molar-refractivity contribution in [3.05, 3.63) is 151 Å². The second-order valence-electron chi connectivity index (χ2n) is 16.9. The summed E-state index contributed by atoms with van der Waals surface area (Å²) >= 11 is 0. The van der Waals surface area contributed by atoms with E-state index in [0.29, 0.717) is 17.1 Å². The predicted molar refractivity (Wildman–Crippen MR) is 245 cm³/mol. The molecule has 0 spiro atoms. The van der Waals surface area contributed by atoms with Crippen molar-refractivity contribution in [1.29, 1.82) is 0 Å². The van der Waals surface area contributed by atoms with Crippen LogP contribution in [0, 0.1) is 12.1 Å². The van der Waals surface area contributed by atoms with Gasteiger partial charge in [0.2, 0.25) is 5.65 Å². The number of pyridine rings is 1. The summed E-state index contributed by atoms with van der Waals surface area (Å²) in [7, 11) is -1.50. The summed E-state index contributed by atoms with van der Waals surface area (Å²) in [4.78, 5) is 14.3. The Balaban J connectivity index is 0.000000226. The number of nitrogens with zero attached hydrogens (tertiary/aromatic N) is 6. The molecule has 0 unspecified atom stereocenters. The molecule has 4 heterocycles. The third-order valence-corrected chi connectivity index (χ3v) is 12.8. The minimum absolute atomic E-state index is 0. The van der Waals surface area contributed by atoms with Crippen LogP contribution in [0.25, 0.3) is 72.7 Å². The van der Waals surface area contributed by atoms with E-state index in [1.54, 1.807) is 0 Å². The van der Waals surface area contributed by atoms with E-state index < -0.39 is 14.0 Å². The molecule has 0 aliphatic heterocycles. The van der Waals surface area contributed by atoms with Crippen LogP contribution in [-0.2, 0) is 20.1 Å². The summed E-state index contributed by atoms with van der Waals surface area (Å²) in [5.74, 6) is 0.551. The molecule has 7 nitrogen and oxygen atoms in total. The van der Waals surface area contributed by atoms with Crippen LogP contribution in [0.1, 0.15) is 77.3 Å². The zero-order valence-electron chi connectivity index (χ0n) is 36.6. The van der Waals surface area contributed by atoms with Crippen LogP contribution in [0.2, 0.25) is 19.6 Å². The Kier molecular flexibility index (Phi) is 12.0. The van der Waals surface area contributed by atoms with Gasteiger partial charge in [-0.3, -0.25) is 4.98 Å². The molecule has 9 rings (SSSR count). The van der Waals surface area contributed by atoms with Gasteiger partial charge in [-0.2, -0.15) is 0 Å². The van der Waals surface area contributed by atoms with Gasteiger partial charge in [0.25, 0.3) is 0 Å². The van der Waals surface area contributed by atoms with Crippen molar-refractivity contribution in [1.82, 2.24) is 29.7 Å². The van der Waals surface area contributed by atoms with Crippen molar-refractivity contribution in [2.45, 2.75) is 78.9 Å². The number of benzene rings is 5. The number of imidazole rings is 1. The molecule has 0 amide bonds. The smallest absolute Gasteiger partial charge is 0.210 e. The number of rotatable bonds is 8. The number of aromatic nitrogens is 6. The Morgan fingerprint density at radius 1 is 0.717 bits per heavy atom. The second kappa shape index (κ2) is 17.5. The van der Waals surface area contributed by atoms with E-state index in [4.69, 9.17) is 15.8 Å². The predicted octanol–water partition coefficient (Wildman–Crippen LogP) is 12.7. The summed E-state index contributed by atoms with van der Waals surface area (Å²) in [5, 5.41) is 11.8. The van der Waals surface area contributed by atoms with Crippen LogP contribution in [0.15, 0.2) is 126 Å². The van der Waals surface area contributed by atoms with Crippen molar-refractivity contribution >= 4 is 46.5 Å². The number of hydrogen-bond donors (Lipinski definition) is 0. The van der Waals surface area contributed by atoms with E-state index in [-0.39, 0.29) is 31.9 Å². The van der Waals surface area contributed by atoms with Crippen molar-refractivity contribution < 1.29 is 25.9 Å². The van der Waals surface area contributed by atoms with E-state index in [0.717, 1.165) is 50.0 Å². The maximum atomic E-state index is 8.44. The van der Waals surface area contributed by atoms with Gasteiger partial charge in [0, 0.05) is 38.7 Å². The maximum Gasteiger partial charge on any atom is 0.210 e. The topological polar surface area (TPSA) is 82.5 Å². The first-order chi connectivity index (χ1) is 28.7. The molecule has 9 heteroatoms. The normalized spacial score (nSPS) is 12.2. The van der Waals surface area contributed by atoms with Crippen molar-refractivity contribution in [3.63, 3.8) is 0 Å². The molecule has 0 aliphatic carbocycles. The Bertz CT molecular complexity index is 2940. The number of para-hydroxylation sites is 1. The Morgan fingerprint density at radius 2 is 1.42 bits per heavy atom. The van der Waals surface area contributed by atoms with Crippen LogP contribution in [0.5, 0.6) is 0 Å². The van der Waals surface area contributed by atoms with Gasteiger partial charge < -0.3 is 14.0 Å². The van der Waals surface area contributed by atoms with E-state index in [1.165, 1.54) is 33.8 Å². The van der Waals surface area contributed by atoms with Gasteiger partial charge in [0.05, 0.1) is 19.5 Å². The van der Waals surface area contributed by atoms with Gasteiger partial charge >= 0.3 is 0 Å². The van der Waals surface area contributed by atoms with Crippen molar-refractivity contribution in [2.24, 2.45) is 0 Å². The van der Waals surface area contributed by atoms with E-state index in [9.17, 15) is 0 Å². The molecule has 0 saturated carbocycles. The van der Waals surface area contributed by atoms with Crippen LogP contribution in [0.4, 0.5) is 0 Å². The molecular weight excluding hydrogens is 933 g/mol. The molecule has 0 aliphatic rings. The molecular formula is C51H50IrN6OSi-2. The molecule has 1 radical (unpaired) electrons. The van der Waals surface area contributed by atoms with Gasteiger partial charge in [-0.25, -0.2) is 4.98 Å². The Morgan fingerprint density at radius 3 is 2.08 bits per heavy atom. The monoisotopic (exact) mass is 984 g/mol. The van der Waals surface area contributed by atoms with E-state index in [1.807, 2.05) is 74.6 Å².